The summed E-state index contributed by atoms with van der Waals surface area (Å²) in [6, 6.07) is 0. The van der Waals surface area contributed by atoms with E-state index in [2.05, 4.69) is 22.9 Å². The Morgan fingerprint density at radius 3 is 2.93 bits per heavy atom. The molecule has 0 spiro atoms. The molecule has 1 aliphatic heterocycles. The maximum Gasteiger partial charge on any atom is 0.248 e. The number of ether oxygens (including phenoxy) is 1. The maximum atomic E-state index is 11.6. The minimum atomic E-state index is 0.114. The van der Waals surface area contributed by atoms with Crippen molar-refractivity contribution in [1.29, 1.82) is 0 Å². The first kappa shape index (κ1) is 12.0. The van der Waals surface area contributed by atoms with E-state index in [0.29, 0.717) is 17.4 Å². The van der Waals surface area contributed by atoms with Crippen molar-refractivity contribution in [3.63, 3.8) is 0 Å². The summed E-state index contributed by atoms with van der Waals surface area (Å²) in [5.41, 5.74) is 0. The van der Waals surface area contributed by atoms with Gasteiger partial charge in [-0.2, -0.15) is 0 Å². The molecule has 0 aliphatic carbocycles. The molecular weight excluding hydrogens is 246 g/mol. The first-order chi connectivity index (χ1) is 6.65. The van der Waals surface area contributed by atoms with E-state index in [1.165, 1.54) is 0 Å². The van der Waals surface area contributed by atoms with Crippen molar-refractivity contribution in [2.24, 2.45) is 5.92 Å². The maximum absolute atomic E-state index is 11.6. The van der Waals surface area contributed by atoms with Gasteiger partial charge in [-0.25, -0.2) is 0 Å². The van der Waals surface area contributed by atoms with E-state index < -0.39 is 0 Å². The summed E-state index contributed by atoms with van der Waals surface area (Å²) < 4.78 is 5.10. The Morgan fingerprint density at radius 1 is 1.64 bits per heavy atom. The van der Waals surface area contributed by atoms with Crippen molar-refractivity contribution >= 4 is 21.8 Å². The number of rotatable bonds is 3. The van der Waals surface area contributed by atoms with Crippen molar-refractivity contribution < 1.29 is 9.53 Å². The summed E-state index contributed by atoms with van der Waals surface area (Å²) in [4.78, 5) is 13.9. The van der Waals surface area contributed by atoms with Gasteiger partial charge in [-0.1, -0.05) is 22.9 Å². The molecule has 0 radical (unpaired) electrons. The van der Waals surface area contributed by atoms with E-state index >= 15 is 0 Å². The molecule has 0 bridgehead atoms. The summed E-state index contributed by atoms with van der Waals surface area (Å²) in [5, 5.41) is 0. The smallest absolute Gasteiger partial charge is 0.248 e. The number of alkyl halides is 1. The van der Waals surface area contributed by atoms with E-state index in [9.17, 15) is 4.79 Å². The molecule has 3 nitrogen and oxygen atoms in total. The van der Waals surface area contributed by atoms with Crippen LogP contribution in [-0.4, -0.2) is 41.9 Å². The minimum absolute atomic E-state index is 0.114. The first-order valence-electron chi connectivity index (χ1n) is 5.14. The molecule has 1 rings (SSSR count). The predicted octanol–water partition coefficient (Wildman–Crippen LogP) is 1.65. The summed E-state index contributed by atoms with van der Waals surface area (Å²) in [5.74, 6) is 0.773. The van der Waals surface area contributed by atoms with E-state index in [0.717, 1.165) is 19.5 Å². The third-order valence-corrected chi connectivity index (χ3v) is 3.84. The number of piperidine rings is 1. The van der Waals surface area contributed by atoms with Crippen LogP contribution in [0, 0.1) is 5.92 Å². The van der Waals surface area contributed by atoms with Crippen LogP contribution in [-0.2, 0) is 9.53 Å². The number of likely N-dealkylation sites (tertiary alicyclic amines) is 1. The van der Waals surface area contributed by atoms with E-state index in [1.54, 1.807) is 0 Å². The number of carbonyl (C=O) groups is 1. The number of amides is 1. The summed E-state index contributed by atoms with van der Waals surface area (Å²) in [7, 11) is 0. The van der Waals surface area contributed by atoms with Gasteiger partial charge in [-0.05, 0) is 19.3 Å². The molecule has 0 aromatic carbocycles. The third kappa shape index (κ3) is 3.24. The highest BCUT2D eigenvalue weighted by Crippen LogP contribution is 2.23. The van der Waals surface area contributed by atoms with Gasteiger partial charge in [0.15, 0.2) is 0 Å². The van der Waals surface area contributed by atoms with Gasteiger partial charge in [0, 0.05) is 24.5 Å². The lowest BCUT2D eigenvalue weighted by atomic mass is 9.99. The average Bonchev–Trinajstić information content (AvgIpc) is 2.18. The summed E-state index contributed by atoms with van der Waals surface area (Å²) in [6.07, 6.45) is 1.08. The molecule has 0 N–H and O–H groups in total. The Labute approximate surface area is 93.9 Å². The van der Waals surface area contributed by atoms with Crippen LogP contribution in [0.4, 0.5) is 0 Å². The average molecular weight is 264 g/mol. The van der Waals surface area contributed by atoms with E-state index in [1.807, 2.05) is 11.8 Å². The highest BCUT2D eigenvalue weighted by Gasteiger charge is 2.26. The normalized spacial score (nSPS) is 27.8. The Morgan fingerprint density at radius 2 is 2.36 bits per heavy atom. The third-order valence-electron chi connectivity index (χ3n) is 2.65. The van der Waals surface area contributed by atoms with Crippen molar-refractivity contribution in [1.82, 2.24) is 4.90 Å². The second-order valence-electron chi connectivity index (χ2n) is 3.76. The van der Waals surface area contributed by atoms with Gasteiger partial charge in [0.1, 0.15) is 6.61 Å². The zero-order valence-electron chi connectivity index (χ0n) is 8.83. The summed E-state index contributed by atoms with van der Waals surface area (Å²) >= 11 is 3.60. The number of nitrogens with zero attached hydrogens (tertiary/aromatic N) is 1. The Hall–Kier alpha value is -0.0900. The standard InChI is InChI=1S/C10H18BrNO2/c1-3-14-7-10(13)12-5-4-8(2)9(11)6-12/h8-9H,3-7H2,1-2H3. The summed E-state index contributed by atoms with van der Waals surface area (Å²) in [6.45, 7) is 6.63. The highest BCUT2D eigenvalue weighted by atomic mass is 79.9. The zero-order valence-corrected chi connectivity index (χ0v) is 10.4. The highest BCUT2D eigenvalue weighted by molar-refractivity contribution is 9.09. The molecule has 2 unspecified atom stereocenters. The lowest BCUT2D eigenvalue weighted by molar-refractivity contribution is -0.137. The number of carbonyl (C=O) groups excluding carboxylic acids is 1. The topological polar surface area (TPSA) is 29.5 Å². The second-order valence-corrected chi connectivity index (χ2v) is 4.93. The predicted molar refractivity (Wildman–Crippen MR) is 59.6 cm³/mol. The number of halogens is 1. The molecule has 1 heterocycles. The SMILES string of the molecule is CCOCC(=O)N1CCC(C)C(Br)C1. The fourth-order valence-corrected chi connectivity index (χ4v) is 2.14. The largest absolute Gasteiger partial charge is 0.372 e. The number of hydrogen-bond acceptors (Lipinski definition) is 2. The van der Waals surface area contributed by atoms with Gasteiger partial charge >= 0.3 is 0 Å². The van der Waals surface area contributed by atoms with E-state index in [-0.39, 0.29) is 12.5 Å². The monoisotopic (exact) mass is 263 g/mol. The van der Waals surface area contributed by atoms with Crippen molar-refractivity contribution in [2.75, 3.05) is 26.3 Å². The Balaban J connectivity index is 2.34. The lowest BCUT2D eigenvalue weighted by Crippen LogP contribution is -2.45. The molecule has 2 atom stereocenters. The Kier molecular flexibility index (Phi) is 4.89. The molecule has 1 fully saturated rings. The van der Waals surface area contributed by atoms with Crippen molar-refractivity contribution in [2.45, 2.75) is 25.1 Å². The molecule has 1 amide bonds. The molecule has 0 aromatic heterocycles. The molecule has 1 saturated heterocycles. The van der Waals surface area contributed by atoms with Gasteiger partial charge in [-0.3, -0.25) is 4.79 Å². The van der Waals surface area contributed by atoms with Crippen LogP contribution in [0.3, 0.4) is 0 Å². The van der Waals surface area contributed by atoms with Gasteiger partial charge < -0.3 is 9.64 Å². The van der Waals surface area contributed by atoms with Gasteiger partial charge in [0.2, 0.25) is 5.91 Å². The Bertz CT molecular complexity index is 199. The molecular formula is C10H18BrNO2. The van der Waals surface area contributed by atoms with Crippen molar-refractivity contribution in [3.05, 3.63) is 0 Å². The number of hydrogen-bond donors (Lipinski definition) is 0. The zero-order chi connectivity index (χ0) is 10.6. The van der Waals surface area contributed by atoms with Crippen LogP contribution in [0.2, 0.25) is 0 Å². The van der Waals surface area contributed by atoms with Gasteiger partial charge in [0.25, 0.3) is 0 Å². The van der Waals surface area contributed by atoms with Gasteiger partial charge in [0.05, 0.1) is 0 Å². The molecule has 1 aliphatic rings. The molecule has 4 heteroatoms. The van der Waals surface area contributed by atoms with E-state index in [4.69, 9.17) is 4.74 Å². The van der Waals surface area contributed by atoms with Crippen LogP contribution >= 0.6 is 15.9 Å². The van der Waals surface area contributed by atoms with Crippen molar-refractivity contribution in [3.8, 4) is 0 Å². The lowest BCUT2D eigenvalue weighted by Gasteiger charge is -2.34. The van der Waals surface area contributed by atoms with Crippen LogP contribution in [0.15, 0.2) is 0 Å². The second kappa shape index (κ2) is 5.71. The van der Waals surface area contributed by atoms with Crippen LogP contribution in [0.1, 0.15) is 20.3 Å². The van der Waals surface area contributed by atoms with Crippen LogP contribution in [0.25, 0.3) is 0 Å². The first-order valence-corrected chi connectivity index (χ1v) is 6.06. The minimum Gasteiger partial charge on any atom is -0.372 e. The molecule has 0 saturated carbocycles. The van der Waals surface area contributed by atoms with Gasteiger partial charge in [-0.15, -0.1) is 0 Å². The molecule has 14 heavy (non-hydrogen) atoms. The molecule has 82 valence electrons. The fraction of sp³-hybridized carbons (Fsp3) is 0.900. The van der Waals surface area contributed by atoms with Crippen LogP contribution in [0.5, 0.6) is 0 Å². The van der Waals surface area contributed by atoms with Crippen LogP contribution < -0.4 is 0 Å². The quantitative estimate of drug-likeness (QED) is 0.725. The molecule has 0 aromatic rings. The fourth-order valence-electron chi connectivity index (χ4n) is 1.53.